The summed E-state index contributed by atoms with van der Waals surface area (Å²) in [4.78, 5) is 0. The first kappa shape index (κ1) is 14.7. The number of halogens is 2. The summed E-state index contributed by atoms with van der Waals surface area (Å²) < 4.78 is 27.7. The molecule has 3 nitrogen and oxygen atoms in total. The molecule has 0 saturated heterocycles. The van der Waals surface area contributed by atoms with Gasteiger partial charge in [0, 0.05) is 12.6 Å². The smallest absolute Gasteiger partial charge is 0.150 e. The molecule has 1 aliphatic rings. The van der Waals surface area contributed by atoms with Crippen molar-refractivity contribution in [3.63, 3.8) is 0 Å². The van der Waals surface area contributed by atoms with E-state index >= 15 is 0 Å². The fourth-order valence-corrected chi connectivity index (χ4v) is 2.87. The number of rotatable bonds is 4. The normalized spacial score (nSPS) is 17.5. The van der Waals surface area contributed by atoms with E-state index in [9.17, 15) is 8.78 Å². The van der Waals surface area contributed by atoms with E-state index in [0.29, 0.717) is 12.5 Å². The van der Waals surface area contributed by atoms with Crippen LogP contribution in [0, 0.1) is 28.9 Å². The number of hydrogen-bond acceptors (Lipinski definition) is 3. The number of hydrogen-bond donors (Lipinski definition) is 2. The fraction of sp³-hybridized carbons (Fsp3) is 0.533. The first-order valence-corrected chi connectivity index (χ1v) is 7.01. The van der Waals surface area contributed by atoms with E-state index in [0.717, 1.165) is 37.8 Å². The summed E-state index contributed by atoms with van der Waals surface area (Å²) >= 11 is 0. The molecule has 0 radical (unpaired) electrons. The average molecular weight is 279 g/mol. The summed E-state index contributed by atoms with van der Waals surface area (Å²) in [6.45, 7) is 0.337. The quantitative estimate of drug-likeness (QED) is 0.890. The zero-order valence-corrected chi connectivity index (χ0v) is 11.3. The van der Waals surface area contributed by atoms with Crippen LogP contribution in [0.25, 0.3) is 0 Å². The number of nitrogens with two attached hydrogens (primary N) is 1. The maximum atomic E-state index is 13.9. The van der Waals surface area contributed by atoms with Gasteiger partial charge in [-0.2, -0.15) is 5.26 Å². The Morgan fingerprint density at radius 2 is 1.85 bits per heavy atom. The van der Waals surface area contributed by atoms with E-state index in [1.807, 2.05) is 0 Å². The van der Waals surface area contributed by atoms with Crippen molar-refractivity contribution in [1.29, 1.82) is 5.26 Å². The van der Waals surface area contributed by atoms with Crippen LogP contribution in [0.3, 0.4) is 0 Å². The van der Waals surface area contributed by atoms with Gasteiger partial charge in [-0.15, -0.1) is 0 Å². The van der Waals surface area contributed by atoms with Gasteiger partial charge in [0.15, 0.2) is 11.6 Å². The molecule has 0 bridgehead atoms. The molecule has 1 atom stereocenters. The van der Waals surface area contributed by atoms with E-state index in [4.69, 9.17) is 11.0 Å². The average Bonchev–Trinajstić information content (AvgIpc) is 2.47. The van der Waals surface area contributed by atoms with Gasteiger partial charge in [-0.3, -0.25) is 0 Å². The van der Waals surface area contributed by atoms with Crippen LogP contribution in [0.4, 0.5) is 14.5 Å². The summed E-state index contributed by atoms with van der Waals surface area (Å²) in [6.07, 6.45) is 5.57. The van der Waals surface area contributed by atoms with Crippen molar-refractivity contribution < 1.29 is 8.78 Å². The van der Waals surface area contributed by atoms with Gasteiger partial charge in [-0.25, -0.2) is 8.78 Å². The van der Waals surface area contributed by atoms with Crippen molar-refractivity contribution in [3.05, 3.63) is 29.3 Å². The second-order valence-electron chi connectivity index (χ2n) is 5.31. The van der Waals surface area contributed by atoms with Crippen LogP contribution < -0.4 is 11.1 Å². The summed E-state index contributed by atoms with van der Waals surface area (Å²) in [5, 5.41) is 11.6. The minimum Gasteiger partial charge on any atom is -0.376 e. The number of nitriles is 1. The molecule has 1 unspecified atom stereocenters. The van der Waals surface area contributed by atoms with Crippen molar-refractivity contribution in [2.75, 3.05) is 11.9 Å². The van der Waals surface area contributed by atoms with E-state index in [1.54, 1.807) is 6.07 Å². The van der Waals surface area contributed by atoms with E-state index in [2.05, 4.69) is 5.32 Å². The van der Waals surface area contributed by atoms with Crippen LogP contribution in [0.1, 0.15) is 37.7 Å². The van der Waals surface area contributed by atoms with Crippen LogP contribution in [0.2, 0.25) is 0 Å². The molecule has 0 aliphatic heterocycles. The highest BCUT2D eigenvalue weighted by Crippen LogP contribution is 2.29. The Kier molecular flexibility index (Phi) is 4.91. The lowest BCUT2D eigenvalue weighted by Gasteiger charge is -2.31. The zero-order valence-electron chi connectivity index (χ0n) is 11.3. The Balaban J connectivity index is 2.17. The molecule has 0 spiro atoms. The molecule has 1 fully saturated rings. The van der Waals surface area contributed by atoms with Crippen molar-refractivity contribution in [2.24, 2.45) is 11.7 Å². The van der Waals surface area contributed by atoms with Gasteiger partial charge in [0.1, 0.15) is 5.69 Å². The topological polar surface area (TPSA) is 61.8 Å². The van der Waals surface area contributed by atoms with Crippen LogP contribution in [0.5, 0.6) is 0 Å². The molecule has 108 valence electrons. The predicted octanol–water partition coefficient (Wildman–Crippen LogP) is 3.16. The van der Waals surface area contributed by atoms with Gasteiger partial charge in [-0.1, -0.05) is 19.3 Å². The Labute approximate surface area is 117 Å². The van der Waals surface area contributed by atoms with Gasteiger partial charge < -0.3 is 11.1 Å². The molecule has 1 saturated carbocycles. The number of nitrogens with one attached hydrogen (secondary N) is 1. The summed E-state index contributed by atoms with van der Waals surface area (Å²) in [5.74, 6) is -1.13. The maximum absolute atomic E-state index is 13.9. The van der Waals surface area contributed by atoms with Gasteiger partial charge in [0.05, 0.1) is 11.6 Å². The zero-order chi connectivity index (χ0) is 14.5. The van der Waals surface area contributed by atoms with Gasteiger partial charge in [0.25, 0.3) is 0 Å². The van der Waals surface area contributed by atoms with Gasteiger partial charge in [0.2, 0.25) is 0 Å². The Morgan fingerprint density at radius 3 is 2.35 bits per heavy atom. The third-order valence-electron chi connectivity index (χ3n) is 3.97. The molecule has 0 aromatic heterocycles. The molecular weight excluding hydrogens is 260 g/mol. The van der Waals surface area contributed by atoms with E-state index in [-0.39, 0.29) is 17.3 Å². The molecule has 5 heteroatoms. The molecule has 20 heavy (non-hydrogen) atoms. The lowest BCUT2D eigenvalue weighted by atomic mass is 9.84. The summed E-state index contributed by atoms with van der Waals surface area (Å²) in [5.41, 5.74) is 5.55. The molecule has 0 heterocycles. The van der Waals surface area contributed by atoms with Crippen molar-refractivity contribution >= 4 is 5.69 Å². The van der Waals surface area contributed by atoms with Crippen molar-refractivity contribution in [2.45, 2.75) is 38.1 Å². The molecule has 1 aromatic carbocycles. The van der Waals surface area contributed by atoms with Crippen LogP contribution in [-0.2, 0) is 0 Å². The SMILES string of the molecule is N#Cc1cc(F)c(NC(CN)C2CCCCC2)c(F)c1. The van der Waals surface area contributed by atoms with Crippen LogP contribution in [-0.4, -0.2) is 12.6 Å². The highest BCUT2D eigenvalue weighted by Gasteiger charge is 2.24. The summed E-state index contributed by atoms with van der Waals surface area (Å²) in [6, 6.07) is 3.68. The first-order valence-electron chi connectivity index (χ1n) is 7.01. The fourth-order valence-electron chi connectivity index (χ4n) is 2.87. The monoisotopic (exact) mass is 279 g/mol. The molecular formula is C15H19F2N3. The highest BCUT2D eigenvalue weighted by molar-refractivity contribution is 5.51. The second kappa shape index (κ2) is 6.67. The second-order valence-corrected chi connectivity index (χ2v) is 5.31. The Bertz CT molecular complexity index is 481. The molecule has 3 N–H and O–H groups in total. The lowest BCUT2D eigenvalue weighted by molar-refractivity contribution is 0.319. The Morgan fingerprint density at radius 1 is 1.25 bits per heavy atom. The standard InChI is InChI=1S/C15H19F2N3/c16-12-6-10(8-18)7-13(17)15(12)20-14(9-19)11-4-2-1-3-5-11/h6-7,11,14,20H,1-5,9,19H2. The van der Waals surface area contributed by atoms with Gasteiger partial charge in [-0.05, 0) is 30.9 Å². The highest BCUT2D eigenvalue weighted by atomic mass is 19.1. The number of benzene rings is 1. The van der Waals surface area contributed by atoms with Gasteiger partial charge >= 0.3 is 0 Å². The largest absolute Gasteiger partial charge is 0.376 e. The third-order valence-corrected chi connectivity index (χ3v) is 3.97. The number of anilines is 1. The van der Waals surface area contributed by atoms with E-state index in [1.165, 1.54) is 6.42 Å². The predicted molar refractivity (Wildman–Crippen MR) is 74.1 cm³/mol. The van der Waals surface area contributed by atoms with Crippen molar-refractivity contribution in [3.8, 4) is 6.07 Å². The minimum atomic E-state index is -0.740. The molecule has 0 amide bonds. The lowest BCUT2D eigenvalue weighted by Crippen LogP contribution is -2.38. The minimum absolute atomic E-state index is 0.0208. The molecule has 1 aliphatic carbocycles. The van der Waals surface area contributed by atoms with Crippen molar-refractivity contribution in [1.82, 2.24) is 0 Å². The Hall–Kier alpha value is -1.67. The molecule has 1 aromatic rings. The van der Waals surface area contributed by atoms with Crippen LogP contribution in [0.15, 0.2) is 12.1 Å². The van der Waals surface area contributed by atoms with Crippen LogP contribution >= 0.6 is 0 Å². The first-order chi connectivity index (χ1) is 9.65. The van der Waals surface area contributed by atoms with E-state index < -0.39 is 11.6 Å². The number of nitrogens with zero attached hydrogens (tertiary/aromatic N) is 1. The molecule has 2 rings (SSSR count). The summed E-state index contributed by atoms with van der Waals surface area (Å²) in [7, 11) is 0. The third kappa shape index (κ3) is 3.26. The maximum Gasteiger partial charge on any atom is 0.150 e.